The molecular weight excluding hydrogens is 317 g/mol. The van der Waals surface area contributed by atoms with Crippen molar-refractivity contribution in [3.63, 3.8) is 0 Å². The van der Waals surface area contributed by atoms with Crippen LogP contribution in [0, 0.1) is 11.7 Å². The molecule has 0 bridgehead atoms. The second kappa shape index (κ2) is 8.77. The third-order valence-electron chi connectivity index (χ3n) is 5.93. The molecule has 1 saturated heterocycles. The number of amides is 1. The van der Waals surface area contributed by atoms with Gasteiger partial charge in [0.15, 0.2) is 6.54 Å². The van der Waals surface area contributed by atoms with Gasteiger partial charge in [0.2, 0.25) is 0 Å². The summed E-state index contributed by atoms with van der Waals surface area (Å²) >= 11 is 0. The van der Waals surface area contributed by atoms with Crippen LogP contribution in [-0.2, 0) is 11.3 Å². The van der Waals surface area contributed by atoms with Crippen LogP contribution in [0.15, 0.2) is 24.3 Å². The fraction of sp³-hybridized carbons (Fsp3) is 0.650. The van der Waals surface area contributed by atoms with Gasteiger partial charge in [-0.2, -0.15) is 0 Å². The smallest absolute Gasteiger partial charge is 0.275 e. The molecule has 1 aliphatic carbocycles. The highest BCUT2D eigenvalue weighted by molar-refractivity contribution is 5.77. The zero-order chi connectivity index (χ0) is 17.6. The molecule has 138 valence electrons. The van der Waals surface area contributed by atoms with Gasteiger partial charge in [0.25, 0.3) is 5.91 Å². The fourth-order valence-electron chi connectivity index (χ4n) is 4.24. The molecule has 2 atom stereocenters. The Balaban J connectivity index is 1.40. The lowest BCUT2D eigenvalue weighted by Gasteiger charge is -2.32. The Hall–Kier alpha value is -1.46. The van der Waals surface area contributed by atoms with Gasteiger partial charge in [0, 0.05) is 11.6 Å². The van der Waals surface area contributed by atoms with E-state index in [2.05, 4.69) is 12.2 Å². The van der Waals surface area contributed by atoms with E-state index in [9.17, 15) is 9.18 Å². The van der Waals surface area contributed by atoms with Crippen LogP contribution in [0.2, 0.25) is 0 Å². The van der Waals surface area contributed by atoms with Crippen LogP contribution in [0.3, 0.4) is 0 Å². The molecular formula is C20H32FN3O+2. The van der Waals surface area contributed by atoms with Gasteiger partial charge < -0.3 is 15.1 Å². The molecule has 0 spiro atoms. The third kappa shape index (κ3) is 5.25. The van der Waals surface area contributed by atoms with E-state index in [1.54, 1.807) is 6.07 Å². The molecule has 3 rings (SSSR count). The van der Waals surface area contributed by atoms with Crippen LogP contribution < -0.4 is 15.1 Å². The zero-order valence-electron chi connectivity index (χ0n) is 15.3. The van der Waals surface area contributed by atoms with Gasteiger partial charge >= 0.3 is 0 Å². The number of quaternary nitrogens is 2. The summed E-state index contributed by atoms with van der Waals surface area (Å²) in [5.74, 6) is 0.701. The number of carbonyl (C=O) groups is 1. The van der Waals surface area contributed by atoms with E-state index < -0.39 is 0 Å². The summed E-state index contributed by atoms with van der Waals surface area (Å²) in [6, 6.07) is 7.42. The van der Waals surface area contributed by atoms with Gasteiger partial charge in [-0.1, -0.05) is 38.0 Å². The molecule has 1 aliphatic heterocycles. The Morgan fingerprint density at radius 3 is 2.52 bits per heavy atom. The van der Waals surface area contributed by atoms with Gasteiger partial charge in [-0.05, 0) is 24.8 Å². The summed E-state index contributed by atoms with van der Waals surface area (Å²) in [6.45, 7) is 7.53. The van der Waals surface area contributed by atoms with Crippen LogP contribution in [0.5, 0.6) is 0 Å². The predicted octanol–water partition coefficient (Wildman–Crippen LogP) is -0.196. The van der Waals surface area contributed by atoms with Crippen LogP contribution in [0.4, 0.5) is 4.39 Å². The number of carbonyl (C=O) groups excluding carboxylic acids is 1. The molecule has 2 aliphatic rings. The van der Waals surface area contributed by atoms with Crippen molar-refractivity contribution < 1.29 is 19.0 Å². The Morgan fingerprint density at radius 1 is 1.12 bits per heavy atom. The van der Waals surface area contributed by atoms with Gasteiger partial charge in [0.1, 0.15) is 38.5 Å². The second-order valence-electron chi connectivity index (χ2n) is 7.88. The third-order valence-corrected chi connectivity index (χ3v) is 5.93. The first-order valence-corrected chi connectivity index (χ1v) is 9.81. The summed E-state index contributed by atoms with van der Waals surface area (Å²) < 4.78 is 13.8. The number of nitrogens with one attached hydrogen (secondary N) is 3. The van der Waals surface area contributed by atoms with Crippen molar-refractivity contribution in [3.8, 4) is 0 Å². The largest absolute Gasteiger partial charge is 0.348 e. The minimum Gasteiger partial charge on any atom is -0.348 e. The number of piperazine rings is 1. The zero-order valence-corrected chi connectivity index (χ0v) is 15.3. The van der Waals surface area contributed by atoms with Crippen molar-refractivity contribution in [3.05, 3.63) is 35.6 Å². The quantitative estimate of drug-likeness (QED) is 0.677. The van der Waals surface area contributed by atoms with Crippen LogP contribution in [-0.4, -0.2) is 44.7 Å². The second-order valence-corrected chi connectivity index (χ2v) is 7.88. The first-order valence-electron chi connectivity index (χ1n) is 9.81. The Morgan fingerprint density at radius 2 is 1.80 bits per heavy atom. The van der Waals surface area contributed by atoms with Gasteiger partial charge in [-0.15, -0.1) is 0 Å². The lowest BCUT2D eigenvalue weighted by Crippen LogP contribution is -3.28. The molecule has 0 aromatic heterocycles. The summed E-state index contributed by atoms with van der Waals surface area (Å²) in [7, 11) is 0. The summed E-state index contributed by atoms with van der Waals surface area (Å²) in [5.41, 5.74) is 0.796. The van der Waals surface area contributed by atoms with E-state index in [0.717, 1.165) is 44.7 Å². The van der Waals surface area contributed by atoms with E-state index in [1.165, 1.54) is 35.1 Å². The van der Waals surface area contributed by atoms with Crippen molar-refractivity contribution in [1.82, 2.24) is 5.32 Å². The number of halogens is 1. The van der Waals surface area contributed by atoms with E-state index in [4.69, 9.17) is 0 Å². The topological polar surface area (TPSA) is 38.0 Å². The van der Waals surface area contributed by atoms with Crippen molar-refractivity contribution >= 4 is 5.91 Å². The normalized spacial score (nSPS) is 30.0. The maximum atomic E-state index is 13.8. The Bertz CT molecular complexity index is 572. The van der Waals surface area contributed by atoms with Gasteiger partial charge in [-0.3, -0.25) is 4.79 Å². The molecule has 4 nitrogen and oxygen atoms in total. The maximum absolute atomic E-state index is 13.8. The highest BCUT2D eigenvalue weighted by Crippen LogP contribution is 2.23. The molecule has 0 radical (unpaired) electrons. The van der Waals surface area contributed by atoms with Crippen molar-refractivity contribution in [2.45, 2.75) is 45.2 Å². The molecule has 1 aromatic rings. The lowest BCUT2D eigenvalue weighted by molar-refractivity contribution is -1.02. The predicted molar refractivity (Wildman–Crippen MR) is 95.9 cm³/mol. The maximum Gasteiger partial charge on any atom is 0.275 e. The Labute approximate surface area is 150 Å². The lowest BCUT2D eigenvalue weighted by atomic mass is 9.86. The highest BCUT2D eigenvalue weighted by Gasteiger charge is 2.28. The van der Waals surface area contributed by atoms with E-state index in [0.29, 0.717) is 18.5 Å². The Kier molecular flexibility index (Phi) is 6.43. The van der Waals surface area contributed by atoms with Crippen LogP contribution >= 0.6 is 0 Å². The molecule has 25 heavy (non-hydrogen) atoms. The molecule has 1 aromatic carbocycles. The van der Waals surface area contributed by atoms with Crippen LogP contribution in [0.1, 0.15) is 38.2 Å². The average molecular weight is 349 g/mol. The van der Waals surface area contributed by atoms with E-state index in [-0.39, 0.29) is 11.7 Å². The molecule has 1 amide bonds. The number of hydrogen-bond donors (Lipinski definition) is 3. The minimum atomic E-state index is -0.106. The van der Waals surface area contributed by atoms with E-state index >= 15 is 0 Å². The molecule has 1 heterocycles. The van der Waals surface area contributed by atoms with Crippen molar-refractivity contribution in [2.24, 2.45) is 5.92 Å². The van der Waals surface area contributed by atoms with Gasteiger partial charge in [-0.25, -0.2) is 4.39 Å². The first kappa shape index (κ1) is 18.3. The van der Waals surface area contributed by atoms with Crippen molar-refractivity contribution in [1.29, 1.82) is 0 Å². The fourth-order valence-corrected chi connectivity index (χ4v) is 4.24. The van der Waals surface area contributed by atoms with Gasteiger partial charge in [0.05, 0.1) is 0 Å². The first-order chi connectivity index (χ1) is 12.1. The van der Waals surface area contributed by atoms with E-state index in [1.807, 2.05) is 12.1 Å². The molecule has 5 heteroatoms. The number of benzene rings is 1. The summed E-state index contributed by atoms with van der Waals surface area (Å²) in [4.78, 5) is 15.1. The monoisotopic (exact) mass is 349 g/mol. The van der Waals surface area contributed by atoms with Crippen LogP contribution in [0.25, 0.3) is 0 Å². The average Bonchev–Trinajstić information content (AvgIpc) is 2.61. The standard InChI is InChI=1S/C20H30FN3O/c1-16-6-2-5-9-19(16)22-20(25)15-24-12-10-23(11-13-24)14-17-7-3-4-8-18(17)21/h3-4,7-8,16,19H,2,5-6,9-15H2,1H3,(H,22,25)/p+2/t16-,19-/m1/s1. The SMILES string of the molecule is C[C@@H]1CCCC[C@H]1NC(=O)C[NH+]1CC[NH+](Cc2ccccc2F)CC1. The summed E-state index contributed by atoms with van der Waals surface area (Å²) in [6.07, 6.45) is 4.89. The molecule has 3 N–H and O–H groups in total. The van der Waals surface area contributed by atoms with Crippen molar-refractivity contribution in [2.75, 3.05) is 32.7 Å². The highest BCUT2D eigenvalue weighted by atomic mass is 19.1. The molecule has 2 fully saturated rings. The molecule has 1 saturated carbocycles. The number of hydrogen-bond acceptors (Lipinski definition) is 1. The molecule has 0 unspecified atom stereocenters. The number of rotatable bonds is 5. The minimum absolute atomic E-state index is 0.106. The summed E-state index contributed by atoms with van der Waals surface area (Å²) in [5, 5.41) is 3.26.